The van der Waals surface area contributed by atoms with Crippen LogP contribution < -0.4 is 10.1 Å². The molecule has 1 saturated heterocycles. The van der Waals surface area contributed by atoms with E-state index < -0.39 is 0 Å². The number of ether oxygens (including phenoxy) is 2. The molecule has 33 heavy (non-hydrogen) atoms. The fourth-order valence-corrected chi connectivity index (χ4v) is 3.89. The number of carbonyl (C=O) groups excluding carboxylic acids is 2. The highest BCUT2D eigenvalue weighted by Crippen LogP contribution is 2.24. The highest BCUT2D eigenvalue weighted by molar-refractivity contribution is 5.79. The first-order valence-corrected chi connectivity index (χ1v) is 11.5. The second-order valence-electron chi connectivity index (χ2n) is 8.90. The minimum atomic E-state index is -0.310. The summed E-state index contributed by atoms with van der Waals surface area (Å²) in [5, 5.41) is 3.18. The number of halogens is 1. The number of methoxy groups -OCH3 is 1. The molecule has 6 nitrogen and oxygen atoms in total. The standard InChI is InChI=1S/C26H33FN2O4/c1-18(2)17-33-26(31)29-14-12-21(13-15-29)25(30)28-24(16-19-4-8-22(27)9-5-19)20-6-10-23(32-3)11-7-20/h4-11,18,21,24H,12-17H2,1-3H3,(H,28,30). The molecule has 1 heterocycles. The number of hydrogen-bond donors (Lipinski definition) is 1. The molecule has 1 aliphatic rings. The first-order chi connectivity index (χ1) is 15.9. The van der Waals surface area contributed by atoms with Crippen LogP contribution in [-0.2, 0) is 16.0 Å². The summed E-state index contributed by atoms with van der Waals surface area (Å²) < 4.78 is 23.9. The fraction of sp³-hybridized carbons (Fsp3) is 0.462. The van der Waals surface area contributed by atoms with E-state index in [1.165, 1.54) is 12.1 Å². The Kier molecular flexibility index (Phi) is 8.69. The summed E-state index contributed by atoms with van der Waals surface area (Å²) in [6.45, 7) is 5.39. The predicted molar refractivity (Wildman–Crippen MR) is 124 cm³/mol. The van der Waals surface area contributed by atoms with Crippen LogP contribution in [0.2, 0.25) is 0 Å². The molecule has 1 atom stereocenters. The lowest BCUT2D eigenvalue weighted by Gasteiger charge is -2.32. The number of benzene rings is 2. The van der Waals surface area contributed by atoms with Gasteiger partial charge in [0.2, 0.25) is 5.91 Å². The Bertz CT molecular complexity index is 907. The monoisotopic (exact) mass is 456 g/mol. The van der Waals surface area contributed by atoms with Crippen LogP contribution in [0.3, 0.4) is 0 Å². The SMILES string of the molecule is COc1ccc(C(Cc2ccc(F)cc2)NC(=O)C2CCN(C(=O)OCC(C)C)CC2)cc1. The van der Waals surface area contributed by atoms with Crippen molar-refractivity contribution in [3.8, 4) is 5.75 Å². The van der Waals surface area contributed by atoms with Gasteiger partial charge in [-0.25, -0.2) is 9.18 Å². The molecule has 0 radical (unpaired) electrons. The third-order valence-electron chi connectivity index (χ3n) is 5.85. The Morgan fingerprint density at radius 1 is 1.06 bits per heavy atom. The van der Waals surface area contributed by atoms with Crippen LogP contribution in [0.15, 0.2) is 48.5 Å². The van der Waals surface area contributed by atoms with Gasteiger partial charge in [-0.05, 0) is 60.6 Å². The van der Waals surface area contributed by atoms with Gasteiger partial charge in [0.1, 0.15) is 11.6 Å². The first kappa shape index (κ1) is 24.6. The lowest BCUT2D eigenvalue weighted by atomic mass is 9.93. The molecule has 0 spiro atoms. The minimum absolute atomic E-state index is 0.0341. The Hall–Kier alpha value is -3.09. The number of rotatable bonds is 8. The van der Waals surface area contributed by atoms with Crippen LogP contribution in [0.25, 0.3) is 0 Å². The van der Waals surface area contributed by atoms with Crippen molar-refractivity contribution in [2.45, 2.75) is 39.2 Å². The van der Waals surface area contributed by atoms with Crippen molar-refractivity contribution in [3.63, 3.8) is 0 Å². The van der Waals surface area contributed by atoms with E-state index in [4.69, 9.17) is 9.47 Å². The summed E-state index contributed by atoms with van der Waals surface area (Å²) in [5.41, 5.74) is 1.88. The molecule has 2 amide bonds. The predicted octanol–water partition coefficient (Wildman–Crippen LogP) is 4.74. The summed E-state index contributed by atoms with van der Waals surface area (Å²) in [7, 11) is 1.61. The van der Waals surface area contributed by atoms with Gasteiger partial charge in [0.15, 0.2) is 0 Å². The maximum atomic E-state index is 13.3. The third kappa shape index (κ3) is 7.20. The maximum Gasteiger partial charge on any atom is 0.409 e. The molecule has 7 heteroatoms. The number of likely N-dealkylation sites (tertiary alicyclic amines) is 1. The summed E-state index contributed by atoms with van der Waals surface area (Å²) in [6, 6.07) is 13.6. The quantitative estimate of drug-likeness (QED) is 0.623. The number of hydrogen-bond acceptors (Lipinski definition) is 4. The number of nitrogens with zero attached hydrogens (tertiary/aromatic N) is 1. The van der Waals surface area contributed by atoms with Crippen molar-refractivity contribution >= 4 is 12.0 Å². The van der Waals surface area contributed by atoms with Crippen molar-refractivity contribution in [3.05, 3.63) is 65.5 Å². The number of piperidine rings is 1. The average Bonchev–Trinajstić information content (AvgIpc) is 2.83. The molecule has 0 aliphatic carbocycles. The van der Waals surface area contributed by atoms with Crippen molar-refractivity contribution in [2.24, 2.45) is 11.8 Å². The number of amides is 2. The van der Waals surface area contributed by atoms with E-state index in [0.29, 0.717) is 39.0 Å². The van der Waals surface area contributed by atoms with Gasteiger partial charge in [0, 0.05) is 19.0 Å². The number of nitrogens with one attached hydrogen (secondary N) is 1. The van der Waals surface area contributed by atoms with E-state index in [1.54, 1.807) is 24.1 Å². The Labute approximate surface area is 195 Å². The Morgan fingerprint density at radius 2 is 1.70 bits per heavy atom. The molecular weight excluding hydrogens is 423 g/mol. The van der Waals surface area contributed by atoms with E-state index in [2.05, 4.69) is 5.32 Å². The molecule has 2 aromatic rings. The van der Waals surface area contributed by atoms with Crippen LogP contribution >= 0.6 is 0 Å². The molecule has 2 aromatic carbocycles. The molecule has 1 N–H and O–H groups in total. The molecule has 3 rings (SSSR count). The van der Waals surface area contributed by atoms with Crippen LogP contribution in [0.5, 0.6) is 5.75 Å². The zero-order valence-electron chi connectivity index (χ0n) is 19.6. The minimum Gasteiger partial charge on any atom is -0.497 e. The van der Waals surface area contributed by atoms with Gasteiger partial charge in [-0.3, -0.25) is 4.79 Å². The Morgan fingerprint density at radius 3 is 2.27 bits per heavy atom. The highest BCUT2D eigenvalue weighted by atomic mass is 19.1. The zero-order chi connectivity index (χ0) is 23.8. The van der Waals surface area contributed by atoms with Gasteiger partial charge in [-0.1, -0.05) is 38.1 Å². The van der Waals surface area contributed by atoms with E-state index in [0.717, 1.165) is 16.9 Å². The van der Waals surface area contributed by atoms with Gasteiger partial charge in [0.05, 0.1) is 19.8 Å². The first-order valence-electron chi connectivity index (χ1n) is 11.5. The van der Waals surface area contributed by atoms with Gasteiger partial charge in [-0.2, -0.15) is 0 Å². The van der Waals surface area contributed by atoms with Gasteiger partial charge < -0.3 is 19.7 Å². The van der Waals surface area contributed by atoms with E-state index in [1.807, 2.05) is 38.1 Å². The van der Waals surface area contributed by atoms with Gasteiger partial charge in [0.25, 0.3) is 0 Å². The lowest BCUT2D eigenvalue weighted by molar-refractivity contribution is -0.127. The topological polar surface area (TPSA) is 67.9 Å². The van der Waals surface area contributed by atoms with Crippen LogP contribution in [0, 0.1) is 17.7 Å². The van der Waals surface area contributed by atoms with Gasteiger partial charge in [-0.15, -0.1) is 0 Å². The van der Waals surface area contributed by atoms with Crippen molar-refractivity contribution in [1.82, 2.24) is 10.2 Å². The van der Waals surface area contributed by atoms with Gasteiger partial charge >= 0.3 is 6.09 Å². The molecule has 1 unspecified atom stereocenters. The second kappa shape index (κ2) is 11.7. The summed E-state index contributed by atoms with van der Waals surface area (Å²) >= 11 is 0. The van der Waals surface area contributed by atoms with Crippen molar-refractivity contribution < 1.29 is 23.5 Å². The fourth-order valence-electron chi connectivity index (χ4n) is 3.89. The highest BCUT2D eigenvalue weighted by Gasteiger charge is 2.29. The van der Waals surface area contributed by atoms with Crippen molar-refractivity contribution in [2.75, 3.05) is 26.8 Å². The lowest BCUT2D eigenvalue weighted by Crippen LogP contribution is -2.44. The molecule has 1 aliphatic heterocycles. The van der Waals surface area contributed by atoms with E-state index >= 15 is 0 Å². The third-order valence-corrected chi connectivity index (χ3v) is 5.85. The molecule has 0 bridgehead atoms. The molecule has 178 valence electrons. The van der Waals surface area contributed by atoms with E-state index in [-0.39, 0.29) is 35.7 Å². The van der Waals surface area contributed by atoms with Crippen LogP contribution in [-0.4, -0.2) is 43.7 Å². The smallest absolute Gasteiger partial charge is 0.409 e. The average molecular weight is 457 g/mol. The summed E-state index contributed by atoms with van der Waals surface area (Å²) in [6.07, 6.45) is 1.41. The maximum absolute atomic E-state index is 13.3. The Balaban J connectivity index is 1.63. The van der Waals surface area contributed by atoms with E-state index in [9.17, 15) is 14.0 Å². The second-order valence-corrected chi connectivity index (χ2v) is 8.90. The molecule has 0 saturated carbocycles. The normalized spacial score (nSPS) is 15.2. The largest absolute Gasteiger partial charge is 0.497 e. The van der Waals surface area contributed by atoms with Crippen molar-refractivity contribution in [1.29, 1.82) is 0 Å². The molecule has 0 aromatic heterocycles. The number of carbonyl (C=O) groups is 2. The summed E-state index contributed by atoms with van der Waals surface area (Å²) in [4.78, 5) is 27.0. The zero-order valence-corrected chi connectivity index (χ0v) is 19.6. The summed E-state index contributed by atoms with van der Waals surface area (Å²) in [5.74, 6) is 0.527. The van der Waals surface area contributed by atoms with Crippen LogP contribution in [0.1, 0.15) is 43.9 Å². The van der Waals surface area contributed by atoms with Crippen LogP contribution in [0.4, 0.5) is 9.18 Å². The molecule has 1 fully saturated rings. The molecular formula is C26H33FN2O4.